The molecule has 0 aliphatic heterocycles. The smallest absolute Gasteiger partial charge is 0.368 e. The second-order valence-corrected chi connectivity index (χ2v) is 2.86. The first-order valence-electron chi connectivity index (χ1n) is 4.03. The summed E-state index contributed by atoms with van der Waals surface area (Å²) in [4.78, 5) is 11.3. The van der Waals surface area contributed by atoms with Crippen LogP contribution in [0.2, 0.25) is 0 Å². The Morgan fingerprint density at radius 1 is 1.44 bits per heavy atom. The summed E-state index contributed by atoms with van der Waals surface area (Å²) in [6.07, 6.45) is 0. The third-order valence-electron chi connectivity index (χ3n) is 2.03. The number of nitrogens with zero attached hydrogens (tertiary/aromatic N) is 3. The van der Waals surface area contributed by atoms with E-state index in [1.54, 1.807) is 12.1 Å². The van der Waals surface area contributed by atoms with Crippen LogP contribution in [0.5, 0.6) is 0 Å². The van der Waals surface area contributed by atoms with Crippen molar-refractivity contribution in [1.82, 2.24) is 10.9 Å². The summed E-state index contributed by atoms with van der Waals surface area (Å²) in [7, 11) is 0. The lowest BCUT2D eigenvalue weighted by Gasteiger charge is -2.04. The molecule has 4 N–H and O–H groups in total. The maximum atomic E-state index is 11.5. The Hall–Kier alpha value is -2.59. The van der Waals surface area contributed by atoms with E-state index < -0.39 is 11.3 Å². The van der Waals surface area contributed by atoms with Crippen molar-refractivity contribution in [3.8, 4) is 6.07 Å². The molecule has 0 atom stereocenters. The fourth-order valence-corrected chi connectivity index (χ4v) is 1.33. The Kier molecular flexibility index (Phi) is 2.78. The van der Waals surface area contributed by atoms with Gasteiger partial charge in [-0.15, -0.1) is 9.46 Å². The number of aromatic nitrogens is 2. The number of benzene rings is 1. The molecule has 16 heavy (non-hydrogen) atoms. The quantitative estimate of drug-likeness (QED) is 0.364. The van der Waals surface area contributed by atoms with Crippen molar-refractivity contribution in [2.24, 2.45) is 0 Å². The van der Waals surface area contributed by atoms with Gasteiger partial charge in [0.2, 0.25) is 5.52 Å². The molecule has 7 nitrogen and oxygen atoms in total. The lowest BCUT2D eigenvalue weighted by molar-refractivity contribution is -0.581. The van der Waals surface area contributed by atoms with Gasteiger partial charge >= 0.3 is 11.3 Å². The van der Waals surface area contributed by atoms with Gasteiger partial charge in [-0.2, -0.15) is 5.26 Å². The average molecular weight is 220 g/mol. The molecule has 2 rings (SSSR count). The first-order chi connectivity index (χ1) is 7.16. The molecule has 0 bridgehead atoms. The van der Waals surface area contributed by atoms with Crippen molar-refractivity contribution in [2.75, 3.05) is 0 Å². The summed E-state index contributed by atoms with van der Waals surface area (Å²) in [5.74, 6) is 0. The summed E-state index contributed by atoms with van der Waals surface area (Å²) in [6.45, 7) is 0. The number of rotatable bonds is 0. The third-order valence-corrected chi connectivity index (χ3v) is 2.03. The van der Waals surface area contributed by atoms with Gasteiger partial charge in [0.1, 0.15) is 0 Å². The zero-order valence-electron chi connectivity index (χ0n) is 8.12. The maximum absolute atomic E-state index is 11.5. The van der Waals surface area contributed by atoms with Gasteiger partial charge in [0, 0.05) is 6.07 Å². The molecule has 1 aromatic carbocycles. The summed E-state index contributed by atoms with van der Waals surface area (Å²) in [5.41, 5.74) is -1.55. The molecule has 0 unspecified atom stereocenters. The Balaban J connectivity index is 0.00000128. The third kappa shape index (κ3) is 1.34. The van der Waals surface area contributed by atoms with Crippen LogP contribution in [-0.2, 0) is 0 Å². The number of fused-ring (bicyclic) bond motifs is 1. The molecular formula is C9H8N4O3. The highest BCUT2D eigenvalue weighted by atomic mass is 16.5. The zero-order chi connectivity index (χ0) is 11.0. The first kappa shape index (κ1) is 11.5. The van der Waals surface area contributed by atoms with E-state index in [1.165, 1.54) is 18.2 Å². The summed E-state index contributed by atoms with van der Waals surface area (Å²) >= 11 is 0. The van der Waals surface area contributed by atoms with E-state index in [4.69, 9.17) is 5.26 Å². The number of hydrogen-bond acceptors (Lipinski definition) is 5. The lowest BCUT2D eigenvalue weighted by atomic mass is 10.3. The van der Waals surface area contributed by atoms with Gasteiger partial charge in [-0.3, -0.25) is 4.79 Å². The maximum Gasteiger partial charge on any atom is 0.368 e. The van der Waals surface area contributed by atoms with Crippen LogP contribution in [0.15, 0.2) is 29.1 Å². The molecule has 82 valence electrons. The van der Waals surface area contributed by atoms with Crippen molar-refractivity contribution >= 4 is 11.0 Å². The van der Waals surface area contributed by atoms with Gasteiger partial charge in [0.15, 0.2) is 11.6 Å². The molecule has 0 aliphatic rings. The Labute approximate surface area is 89.5 Å². The summed E-state index contributed by atoms with van der Waals surface area (Å²) in [6, 6.07) is 7.42. The molecule has 0 amide bonds. The van der Waals surface area contributed by atoms with Crippen molar-refractivity contribution < 1.29 is 9.94 Å². The van der Waals surface area contributed by atoms with Crippen LogP contribution in [0.1, 0.15) is 5.69 Å². The van der Waals surface area contributed by atoms with Gasteiger partial charge in [-0.1, -0.05) is 12.1 Å². The van der Waals surface area contributed by atoms with Crippen LogP contribution in [0, 0.1) is 16.5 Å². The number of para-hydroxylation sites is 2. The molecule has 0 saturated heterocycles. The van der Waals surface area contributed by atoms with Crippen LogP contribution in [0.25, 0.3) is 11.0 Å². The van der Waals surface area contributed by atoms with E-state index in [2.05, 4.69) is 0 Å². The molecule has 0 radical (unpaired) electrons. The highest BCUT2D eigenvalue weighted by Gasteiger charge is 2.19. The molecule has 7 heteroatoms. The fraction of sp³-hybridized carbons (Fsp3) is 0. The van der Waals surface area contributed by atoms with E-state index in [0.29, 0.717) is 4.73 Å². The predicted octanol–water partition coefficient (Wildman–Crippen LogP) is -0.0941. The molecule has 2 aromatic rings. The van der Waals surface area contributed by atoms with Crippen molar-refractivity contribution in [3.05, 3.63) is 45.5 Å². The van der Waals surface area contributed by atoms with Crippen LogP contribution >= 0.6 is 0 Å². The van der Waals surface area contributed by atoms with Gasteiger partial charge in [0.05, 0.1) is 0 Å². The van der Waals surface area contributed by atoms with Gasteiger partial charge in [-0.05, 0) is 6.07 Å². The van der Waals surface area contributed by atoms with Crippen molar-refractivity contribution in [1.29, 1.82) is 5.26 Å². The van der Waals surface area contributed by atoms with E-state index >= 15 is 0 Å². The fourth-order valence-electron chi connectivity index (χ4n) is 1.33. The Morgan fingerprint density at radius 3 is 2.69 bits per heavy atom. The monoisotopic (exact) mass is 220 g/mol. The minimum atomic E-state index is -1.02. The number of hydrogen-bond donors (Lipinski definition) is 2. The predicted molar refractivity (Wildman–Crippen MR) is 54.1 cm³/mol. The lowest BCUT2D eigenvalue weighted by Crippen LogP contribution is -2.41. The second kappa shape index (κ2) is 3.88. The molecule has 1 aromatic heterocycles. The highest BCUT2D eigenvalue weighted by Crippen LogP contribution is 2.05. The first-order valence-corrected chi connectivity index (χ1v) is 4.03. The Bertz CT molecular complexity index is 641. The van der Waals surface area contributed by atoms with Crippen molar-refractivity contribution in [3.63, 3.8) is 0 Å². The van der Waals surface area contributed by atoms with Gasteiger partial charge < -0.3 is 16.6 Å². The van der Waals surface area contributed by atoms with E-state index in [9.17, 15) is 15.2 Å². The van der Waals surface area contributed by atoms with Crippen LogP contribution < -0.4 is 16.4 Å². The minimum Gasteiger partial charge on any atom is -0.617 e. The molecular weight excluding hydrogens is 212 g/mol. The molecule has 0 saturated carbocycles. The van der Waals surface area contributed by atoms with E-state index in [0.717, 1.165) is 0 Å². The number of nitriles is 1. The largest absolute Gasteiger partial charge is 0.617 e. The second-order valence-electron chi connectivity index (χ2n) is 2.86. The van der Waals surface area contributed by atoms with Crippen LogP contribution in [0.3, 0.4) is 0 Å². The van der Waals surface area contributed by atoms with Crippen LogP contribution in [-0.4, -0.2) is 9.94 Å². The normalized spacial score (nSPS) is 9.44. The van der Waals surface area contributed by atoms with Gasteiger partial charge in [-0.25, -0.2) is 0 Å². The van der Waals surface area contributed by atoms with Gasteiger partial charge in [0.25, 0.3) is 0 Å². The molecule has 0 spiro atoms. The molecule has 0 fully saturated rings. The minimum absolute atomic E-state index is 0. The highest BCUT2D eigenvalue weighted by molar-refractivity contribution is 5.71. The SMILES string of the molecule is N.N#Cc1c(=O)n(O)c2ccccc2[n+]1[O-]. The van der Waals surface area contributed by atoms with Crippen LogP contribution in [0.4, 0.5) is 0 Å². The molecule has 1 heterocycles. The zero-order valence-corrected chi connectivity index (χ0v) is 8.12. The topological polar surface area (TPSA) is 128 Å². The van der Waals surface area contributed by atoms with E-state index in [1.807, 2.05) is 0 Å². The Morgan fingerprint density at radius 2 is 2.06 bits per heavy atom. The summed E-state index contributed by atoms with van der Waals surface area (Å²) < 4.78 is 0.507. The van der Waals surface area contributed by atoms with E-state index in [-0.39, 0.29) is 21.9 Å². The summed E-state index contributed by atoms with van der Waals surface area (Å²) in [5, 5.41) is 29.5. The standard InChI is InChI=1S/C9H5N3O3.H3N/c10-5-8-9(13)12(15)7-4-2-1-3-6(7)11(8)14;/h1-4,15H;1H3. The molecule has 0 aliphatic carbocycles. The average Bonchev–Trinajstić information content (AvgIpc) is 2.27. The van der Waals surface area contributed by atoms with Crippen molar-refractivity contribution in [2.45, 2.75) is 0 Å².